The third kappa shape index (κ3) is 3.52. The average molecular weight is 366 g/mol. The molecule has 0 radical (unpaired) electrons. The van der Waals surface area contributed by atoms with Crippen molar-refractivity contribution in [3.63, 3.8) is 0 Å². The van der Waals surface area contributed by atoms with Crippen molar-refractivity contribution in [2.75, 3.05) is 0 Å². The van der Waals surface area contributed by atoms with Crippen LogP contribution in [0.5, 0.6) is 0 Å². The number of carboxylic acids is 1. The average Bonchev–Trinajstić information content (AvgIpc) is 2.68. The van der Waals surface area contributed by atoms with Crippen LogP contribution in [0.15, 0.2) is 42.5 Å². The van der Waals surface area contributed by atoms with Gasteiger partial charge in [-0.25, -0.2) is 9.18 Å². The fourth-order valence-electron chi connectivity index (χ4n) is 5.38. The quantitative estimate of drug-likeness (QED) is 0.672. The first-order valence-corrected chi connectivity index (χ1v) is 10.2. The van der Waals surface area contributed by atoms with Gasteiger partial charge in [0, 0.05) is 5.56 Å². The Hall–Kier alpha value is -2.16. The van der Waals surface area contributed by atoms with E-state index in [4.69, 9.17) is 0 Å². The van der Waals surface area contributed by atoms with Crippen molar-refractivity contribution >= 4 is 5.97 Å². The molecule has 2 aliphatic carbocycles. The van der Waals surface area contributed by atoms with Crippen LogP contribution in [-0.4, -0.2) is 11.1 Å². The van der Waals surface area contributed by atoms with E-state index in [-0.39, 0.29) is 22.9 Å². The van der Waals surface area contributed by atoms with Crippen LogP contribution < -0.4 is 0 Å². The van der Waals surface area contributed by atoms with Gasteiger partial charge in [0.2, 0.25) is 0 Å². The summed E-state index contributed by atoms with van der Waals surface area (Å²) in [6.45, 7) is 2.35. The molecule has 27 heavy (non-hydrogen) atoms. The zero-order chi connectivity index (χ0) is 19.0. The Balaban J connectivity index is 1.69. The number of carbonyl (C=O) groups is 1. The molecule has 2 aliphatic rings. The van der Waals surface area contributed by atoms with Gasteiger partial charge < -0.3 is 5.11 Å². The van der Waals surface area contributed by atoms with Crippen molar-refractivity contribution < 1.29 is 14.3 Å². The van der Waals surface area contributed by atoms with Crippen LogP contribution in [-0.2, 0) is 0 Å². The summed E-state index contributed by atoms with van der Waals surface area (Å²) in [5.41, 5.74) is 1.62. The molecular weight excluding hydrogens is 339 g/mol. The zero-order valence-electron chi connectivity index (χ0n) is 15.8. The van der Waals surface area contributed by atoms with E-state index in [2.05, 4.69) is 6.92 Å². The van der Waals surface area contributed by atoms with E-state index in [1.54, 1.807) is 24.3 Å². The van der Waals surface area contributed by atoms with Gasteiger partial charge in [0.05, 0.1) is 5.56 Å². The second kappa shape index (κ2) is 7.46. The standard InChI is InChI=1S/C24H27FO2/c1-15-7-8-18-14-19(10-9-17(18)13-15)20-11-12-21(24(26)27)22(23(20)25)16-5-3-2-4-6-16/h2-6,11-12,15,17-19H,7-10,13-14H2,1H3,(H,26,27). The van der Waals surface area contributed by atoms with Crippen LogP contribution in [0.4, 0.5) is 4.39 Å². The van der Waals surface area contributed by atoms with Crippen LogP contribution in [0, 0.1) is 23.6 Å². The third-order valence-electron chi connectivity index (χ3n) is 6.78. The van der Waals surface area contributed by atoms with Gasteiger partial charge in [-0.15, -0.1) is 0 Å². The highest BCUT2D eigenvalue weighted by Gasteiger charge is 2.36. The number of fused-ring (bicyclic) bond motifs is 1. The van der Waals surface area contributed by atoms with Gasteiger partial charge in [0.25, 0.3) is 0 Å². The van der Waals surface area contributed by atoms with E-state index in [1.165, 1.54) is 25.7 Å². The Morgan fingerprint density at radius 1 is 0.963 bits per heavy atom. The summed E-state index contributed by atoms with van der Waals surface area (Å²) in [5.74, 6) is 1.08. The van der Waals surface area contributed by atoms with Crippen molar-refractivity contribution in [2.24, 2.45) is 17.8 Å². The molecule has 0 aliphatic heterocycles. The monoisotopic (exact) mass is 366 g/mol. The lowest BCUT2D eigenvalue weighted by Gasteiger charge is -2.41. The van der Waals surface area contributed by atoms with Gasteiger partial charge in [-0.3, -0.25) is 0 Å². The van der Waals surface area contributed by atoms with Crippen LogP contribution >= 0.6 is 0 Å². The van der Waals surface area contributed by atoms with Crippen molar-refractivity contribution in [3.8, 4) is 11.1 Å². The number of hydrogen-bond acceptors (Lipinski definition) is 1. The summed E-state index contributed by atoms with van der Waals surface area (Å²) in [7, 11) is 0. The molecule has 0 bridgehead atoms. The summed E-state index contributed by atoms with van der Waals surface area (Å²) in [6, 6.07) is 12.4. The molecule has 0 spiro atoms. The number of carboxylic acid groups (broad SMARTS) is 1. The van der Waals surface area contributed by atoms with Gasteiger partial charge in [-0.2, -0.15) is 0 Å². The predicted molar refractivity (Wildman–Crippen MR) is 105 cm³/mol. The molecule has 2 saturated carbocycles. The van der Waals surface area contributed by atoms with Crippen molar-refractivity contribution in [1.82, 2.24) is 0 Å². The molecule has 0 aromatic heterocycles. The molecule has 4 unspecified atom stereocenters. The molecule has 2 aromatic carbocycles. The second-order valence-electron chi connectivity index (χ2n) is 8.51. The predicted octanol–water partition coefficient (Wildman–Crippen LogP) is 6.51. The van der Waals surface area contributed by atoms with Crippen molar-refractivity contribution in [1.29, 1.82) is 0 Å². The summed E-state index contributed by atoms with van der Waals surface area (Å²) in [6.07, 6.45) is 7.06. The third-order valence-corrected chi connectivity index (χ3v) is 6.78. The first kappa shape index (κ1) is 18.2. The maximum absolute atomic E-state index is 15.6. The molecule has 2 nitrogen and oxygen atoms in total. The maximum atomic E-state index is 15.6. The largest absolute Gasteiger partial charge is 0.478 e. The highest BCUT2D eigenvalue weighted by molar-refractivity contribution is 5.96. The van der Waals surface area contributed by atoms with E-state index >= 15 is 4.39 Å². The van der Waals surface area contributed by atoms with Crippen molar-refractivity contribution in [3.05, 3.63) is 59.4 Å². The van der Waals surface area contributed by atoms with Gasteiger partial charge in [-0.05, 0) is 73.0 Å². The molecule has 3 heteroatoms. The van der Waals surface area contributed by atoms with Crippen LogP contribution in [0.25, 0.3) is 11.1 Å². The molecule has 1 N–H and O–H groups in total. The Bertz CT molecular complexity index is 830. The number of halogens is 1. The van der Waals surface area contributed by atoms with Gasteiger partial charge in [0.1, 0.15) is 5.82 Å². The first-order valence-electron chi connectivity index (χ1n) is 10.2. The Morgan fingerprint density at radius 3 is 2.41 bits per heavy atom. The normalized spacial score (nSPS) is 27.8. The Kier molecular flexibility index (Phi) is 5.03. The molecule has 4 rings (SSSR count). The summed E-state index contributed by atoms with van der Waals surface area (Å²) >= 11 is 0. The van der Waals surface area contributed by atoms with Crippen LogP contribution in [0.2, 0.25) is 0 Å². The fraction of sp³-hybridized carbons (Fsp3) is 0.458. The van der Waals surface area contributed by atoms with E-state index in [0.29, 0.717) is 17.0 Å². The highest BCUT2D eigenvalue weighted by atomic mass is 19.1. The summed E-state index contributed by atoms with van der Waals surface area (Å²) < 4.78 is 15.6. The minimum absolute atomic E-state index is 0.0441. The number of aromatic carboxylic acids is 1. The molecular formula is C24H27FO2. The molecule has 0 amide bonds. The number of rotatable bonds is 3. The van der Waals surface area contributed by atoms with E-state index in [1.807, 2.05) is 18.2 Å². The van der Waals surface area contributed by atoms with Crippen molar-refractivity contribution in [2.45, 2.75) is 51.4 Å². The molecule has 0 heterocycles. The second-order valence-corrected chi connectivity index (χ2v) is 8.51. The summed E-state index contributed by atoms with van der Waals surface area (Å²) in [5, 5.41) is 9.57. The molecule has 2 fully saturated rings. The Morgan fingerprint density at radius 2 is 1.67 bits per heavy atom. The van der Waals surface area contributed by atoms with E-state index in [9.17, 15) is 9.90 Å². The topological polar surface area (TPSA) is 37.3 Å². The molecule has 4 atom stereocenters. The lowest BCUT2D eigenvalue weighted by Crippen LogP contribution is -2.30. The lowest BCUT2D eigenvalue weighted by molar-refractivity contribution is 0.0697. The van der Waals surface area contributed by atoms with E-state index in [0.717, 1.165) is 24.7 Å². The zero-order valence-corrected chi connectivity index (χ0v) is 15.8. The first-order chi connectivity index (χ1) is 13.0. The minimum Gasteiger partial charge on any atom is -0.478 e. The minimum atomic E-state index is -1.08. The maximum Gasteiger partial charge on any atom is 0.336 e. The van der Waals surface area contributed by atoms with Crippen LogP contribution in [0.1, 0.15) is 67.3 Å². The molecule has 142 valence electrons. The van der Waals surface area contributed by atoms with Gasteiger partial charge in [0.15, 0.2) is 0 Å². The summed E-state index contributed by atoms with van der Waals surface area (Å²) in [4.78, 5) is 11.7. The van der Waals surface area contributed by atoms with Gasteiger partial charge in [-0.1, -0.05) is 49.7 Å². The van der Waals surface area contributed by atoms with Crippen LogP contribution in [0.3, 0.4) is 0 Å². The SMILES string of the molecule is CC1CCC2CC(c3ccc(C(=O)O)c(-c4ccccc4)c3F)CCC2C1. The smallest absolute Gasteiger partial charge is 0.336 e. The van der Waals surface area contributed by atoms with E-state index < -0.39 is 5.97 Å². The Labute approximate surface area is 160 Å². The number of hydrogen-bond donors (Lipinski definition) is 1. The molecule has 0 saturated heterocycles. The lowest BCUT2D eigenvalue weighted by atomic mass is 9.64. The highest BCUT2D eigenvalue weighted by Crippen LogP contribution is 2.48. The number of benzene rings is 2. The molecule has 2 aromatic rings. The van der Waals surface area contributed by atoms with Gasteiger partial charge >= 0.3 is 5.97 Å². The fourth-order valence-corrected chi connectivity index (χ4v) is 5.38.